The van der Waals surface area contributed by atoms with Gasteiger partial charge in [-0.1, -0.05) is 48.0 Å². The quantitative estimate of drug-likeness (QED) is 0.619. The van der Waals surface area contributed by atoms with Gasteiger partial charge in [0.25, 0.3) is 0 Å². The predicted octanol–water partition coefficient (Wildman–Crippen LogP) is 4.06. The minimum absolute atomic E-state index is 0.0129. The monoisotopic (exact) mass is 267 g/mol. The Bertz CT molecular complexity index is 643. The van der Waals surface area contributed by atoms with Gasteiger partial charge in [-0.2, -0.15) is 5.26 Å². The molecule has 0 atom stereocenters. The molecule has 0 bridgehead atoms. The van der Waals surface area contributed by atoms with Crippen LogP contribution in [-0.2, 0) is 0 Å². The molecule has 2 aromatic carbocycles. The van der Waals surface area contributed by atoms with Crippen LogP contribution in [0.15, 0.2) is 48.5 Å². The van der Waals surface area contributed by atoms with Gasteiger partial charge in [-0.3, -0.25) is 4.79 Å². The van der Waals surface area contributed by atoms with Crippen LogP contribution in [0, 0.1) is 17.6 Å². The van der Waals surface area contributed by atoms with E-state index >= 15 is 0 Å². The average molecular weight is 267 g/mol. The van der Waals surface area contributed by atoms with Crippen molar-refractivity contribution in [1.82, 2.24) is 0 Å². The van der Waals surface area contributed by atoms with E-state index in [1.54, 1.807) is 6.07 Å². The van der Waals surface area contributed by atoms with E-state index in [1.807, 2.05) is 48.7 Å². The summed E-state index contributed by atoms with van der Waals surface area (Å²) in [7, 11) is 0. The van der Waals surface area contributed by atoms with Gasteiger partial charge in [0.15, 0.2) is 5.78 Å². The van der Waals surface area contributed by atoms with Crippen LogP contribution in [0.3, 0.4) is 0 Å². The first-order chi connectivity index (χ1) is 9.20. The molecule has 0 N–H and O–H groups in total. The van der Waals surface area contributed by atoms with Crippen LogP contribution in [0.2, 0.25) is 0 Å². The number of carbonyl (C=O) groups excluding carboxylic acids is 1. The first-order valence-electron chi connectivity index (χ1n) is 5.92. The molecule has 0 unspecified atom stereocenters. The minimum atomic E-state index is -0.0129. The summed E-state index contributed by atoms with van der Waals surface area (Å²) >= 11 is 0.971. The maximum atomic E-state index is 11.9. The molecule has 2 nitrogen and oxygen atoms in total. The van der Waals surface area contributed by atoms with E-state index in [0.29, 0.717) is 5.56 Å². The molecule has 0 amide bonds. The van der Waals surface area contributed by atoms with E-state index < -0.39 is 0 Å². The fraction of sp³-hybridized carbons (Fsp3) is 0.125. The third kappa shape index (κ3) is 3.46. The number of ketones is 1. The lowest BCUT2D eigenvalue weighted by molar-refractivity contribution is 0.102. The van der Waals surface area contributed by atoms with E-state index in [1.165, 1.54) is 5.56 Å². The predicted molar refractivity (Wildman–Crippen MR) is 79.0 cm³/mol. The lowest BCUT2D eigenvalue weighted by atomic mass is 10.0. The van der Waals surface area contributed by atoms with Crippen LogP contribution in [0.4, 0.5) is 0 Å². The summed E-state index contributed by atoms with van der Waals surface area (Å²) < 4.78 is 0. The molecule has 0 aromatic heterocycles. The third-order valence-corrected chi connectivity index (χ3v) is 3.34. The van der Waals surface area contributed by atoms with Crippen molar-refractivity contribution in [3.8, 4) is 16.5 Å². The summed E-state index contributed by atoms with van der Waals surface area (Å²) in [5.41, 5.74) is 3.97. The second kappa shape index (κ2) is 6.21. The Labute approximate surface area is 117 Å². The van der Waals surface area contributed by atoms with Gasteiger partial charge in [-0.25, -0.2) is 0 Å². The van der Waals surface area contributed by atoms with E-state index in [0.717, 1.165) is 22.9 Å². The summed E-state index contributed by atoms with van der Waals surface area (Å²) in [4.78, 5) is 11.9. The van der Waals surface area contributed by atoms with Crippen molar-refractivity contribution in [2.75, 3.05) is 5.75 Å². The number of hydrogen-bond acceptors (Lipinski definition) is 3. The number of carbonyl (C=O) groups is 1. The maximum Gasteiger partial charge on any atom is 0.173 e. The lowest BCUT2D eigenvalue weighted by Crippen LogP contribution is -2.01. The second-order valence-electron chi connectivity index (χ2n) is 4.25. The highest BCUT2D eigenvalue weighted by Gasteiger charge is 2.07. The molecule has 19 heavy (non-hydrogen) atoms. The number of aryl methyl sites for hydroxylation is 1. The molecule has 0 fully saturated rings. The van der Waals surface area contributed by atoms with E-state index in [2.05, 4.69) is 6.07 Å². The van der Waals surface area contributed by atoms with E-state index in [-0.39, 0.29) is 11.5 Å². The molecular formula is C16H13NOS. The van der Waals surface area contributed by atoms with Crippen LogP contribution in [0.1, 0.15) is 15.9 Å². The summed E-state index contributed by atoms with van der Waals surface area (Å²) in [6.07, 6.45) is 0. The fourth-order valence-electron chi connectivity index (χ4n) is 1.88. The van der Waals surface area contributed by atoms with Crippen molar-refractivity contribution < 1.29 is 4.79 Å². The topological polar surface area (TPSA) is 40.9 Å². The zero-order valence-electron chi connectivity index (χ0n) is 10.6. The van der Waals surface area contributed by atoms with Crippen LogP contribution >= 0.6 is 11.8 Å². The number of hydrogen-bond donors (Lipinski definition) is 0. The van der Waals surface area contributed by atoms with Crippen molar-refractivity contribution in [3.05, 3.63) is 59.7 Å². The van der Waals surface area contributed by atoms with Crippen molar-refractivity contribution in [1.29, 1.82) is 5.26 Å². The summed E-state index contributed by atoms with van der Waals surface area (Å²) in [6.45, 7) is 2.04. The molecule has 0 aliphatic heterocycles. The number of nitrogens with zero attached hydrogens (tertiary/aromatic N) is 1. The highest BCUT2D eigenvalue weighted by molar-refractivity contribution is 8.04. The van der Waals surface area contributed by atoms with Crippen LogP contribution in [0.25, 0.3) is 11.1 Å². The molecule has 0 heterocycles. The van der Waals surface area contributed by atoms with Crippen molar-refractivity contribution in [2.24, 2.45) is 0 Å². The maximum absolute atomic E-state index is 11.9. The zero-order valence-corrected chi connectivity index (χ0v) is 11.4. The number of thioether (sulfide) groups is 1. The van der Waals surface area contributed by atoms with Gasteiger partial charge in [-0.05, 0) is 35.9 Å². The largest absolute Gasteiger partial charge is 0.293 e. The molecule has 0 spiro atoms. The SMILES string of the molecule is Cc1cccc(-c2cccc(C(=O)CSC#N)c2)c1. The first-order valence-corrected chi connectivity index (χ1v) is 6.90. The van der Waals surface area contributed by atoms with Crippen LogP contribution < -0.4 is 0 Å². The zero-order chi connectivity index (χ0) is 13.7. The van der Waals surface area contributed by atoms with E-state index in [4.69, 9.17) is 5.26 Å². The summed E-state index contributed by atoms with van der Waals surface area (Å²) in [6, 6.07) is 15.7. The number of rotatable bonds is 4. The number of benzene rings is 2. The normalized spacial score (nSPS) is 9.89. The Kier molecular flexibility index (Phi) is 4.38. The molecular weight excluding hydrogens is 254 g/mol. The summed E-state index contributed by atoms with van der Waals surface area (Å²) in [5.74, 6) is 0.189. The first kappa shape index (κ1) is 13.4. The van der Waals surface area contributed by atoms with Crippen molar-refractivity contribution in [3.63, 3.8) is 0 Å². The lowest BCUT2D eigenvalue weighted by Gasteiger charge is -2.05. The van der Waals surface area contributed by atoms with Gasteiger partial charge >= 0.3 is 0 Å². The molecule has 0 radical (unpaired) electrons. The Hall–Kier alpha value is -2.05. The molecule has 0 aliphatic carbocycles. The van der Waals surface area contributed by atoms with Gasteiger partial charge in [0.1, 0.15) is 5.40 Å². The third-order valence-electron chi connectivity index (χ3n) is 2.80. The van der Waals surface area contributed by atoms with Gasteiger partial charge in [0.2, 0.25) is 0 Å². The smallest absolute Gasteiger partial charge is 0.173 e. The van der Waals surface area contributed by atoms with Gasteiger partial charge in [0.05, 0.1) is 5.75 Å². The van der Waals surface area contributed by atoms with Crippen molar-refractivity contribution in [2.45, 2.75) is 6.92 Å². The van der Waals surface area contributed by atoms with Gasteiger partial charge < -0.3 is 0 Å². The molecule has 0 saturated carbocycles. The fourth-order valence-corrected chi connectivity index (χ4v) is 2.24. The molecule has 0 aliphatic rings. The Morgan fingerprint density at radius 2 is 1.84 bits per heavy atom. The Morgan fingerprint density at radius 1 is 1.16 bits per heavy atom. The van der Waals surface area contributed by atoms with Gasteiger partial charge in [0, 0.05) is 5.56 Å². The molecule has 2 aromatic rings. The average Bonchev–Trinajstić information content (AvgIpc) is 2.45. The highest BCUT2D eigenvalue weighted by Crippen LogP contribution is 2.22. The Balaban J connectivity index is 2.29. The minimum Gasteiger partial charge on any atom is -0.293 e. The number of thiocyanates is 1. The number of nitriles is 1. The van der Waals surface area contributed by atoms with Crippen LogP contribution in [0.5, 0.6) is 0 Å². The standard InChI is InChI=1S/C16H13NOS/c1-12-4-2-5-13(8-12)14-6-3-7-15(9-14)16(18)10-19-11-17/h2-9H,10H2,1H3. The van der Waals surface area contributed by atoms with Crippen LogP contribution in [-0.4, -0.2) is 11.5 Å². The van der Waals surface area contributed by atoms with E-state index in [9.17, 15) is 4.79 Å². The summed E-state index contributed by atoms with van der Waals surface area (Å²) in [5, 5.41) is 10.4. The Morgan fingerprint density at radius 3 is 2.53 bits per heavy atom. The molecule has 94 valence electrons. The highest BCUT2D eigenvalue weighted by atomic mass is 32.2. The molecule has 2 rings (SSSR count). The van der Waals surface area contributed by atoms with Crippen molar-refractivity contribution >= 4 is 17.5 Å². The van der Waals surface area contributed by atoms with Gasteiger partial charge in [-0.15, -0.1) is 0 Å². The number of Topliss-reactive ketones (excluding diaryl/α,β-unsaturated/α-hetero) is 1. The molecule has 0 saturated heterocycles. The second-order valence-corrected chi connectivity index (χ2v) is 5.01. The molecule has 3 heteroatoms.